The van der Waals surface area contributed by atoms with Crippen LogP contribution >= 0.6 is 0 Å². The minimum Gasteiger partial charge on any atom is -0.481 e. The van der Waals surface area contributed by atoms with Crippen molar-refractivity contribution in [1.82, 2.24) is 0 Å². The molecule has 1 aromatic rings. The topological polar surface area (TPSA) is 37.3 Å². The Bertz CT molecular complexity index is 495. The predicted octanol–water partition coefficient (Wildman–Crippen LogP) is 4.21. The molecule has 1 N–H and O–H groups in total. The van der Waals surface area contributed by atoms with Crippen molar-refractivity contribution in [1.29, 1.82) is 0 Å². The molecule has 0 fully saturated rings. The smallest absolute Gasteiger partial charge is 0.416 e. The first-order chi connectivity index (χ1) is 9.00. The van der Waals surface area contributed by atoms with E-state index in [0.29, 0.717) is 12.1 Å². The predicted molar refractivity (Wildman–Crippen MR) is 57.7 cm³/mol. The van der Waals surface area contributed by atoms with Crippen molar-refractivity contribution in [3.8, 4) is 0 Å². The Balaban J connectivity index is 3.24. The van der Waals surface area contributed by atoms with Crippen molar-refractivity contribution >= 4 is 12.0 Å². The quantitative estimate of drug-likeness (QED) is 0.849. The molecule has 2 nitrogen and oxygen atoms in total. The summed E-state index contributed by atoms with van der Waals surface area (Å²) >= 11 is 0. The highest BCUT2D eigenvalue weighted by Crippen LogP contribution is 2.36. The lowest BCUT2D eigenvalue weighted by atomic mass is 10.0. The zero-order chi connectivity index (χ0) is 15.6. The standard InChI is InChI=1S/C12H8F6O2/c13-11(14,15)8-4-7(2-1-3-10(19)20)5-9(6-8)12(16,17)18/h1-2,4-6H,3H2,(H,19,20). The molecule has 0 heterocycles. The first kappa shape index (κ1) is 16.1. The van der Waals surface area contributed by atoms with Crippen LogP contribution in [-0.4, -0.2) is 11.1 Å². The van der Waals surface area contributed by atoms with Crippen molar-refractivity contribution in [3.05, 3.63) is 41.0 Å². The van der Waals surface area contributed by atoms with Gasteiger partial charge in [-0.25, -0.2) is 0 Å². The fourth-order valence-electron chi connectivity index (χ4n) is 1.37. The van der Waals surface area contributed by atoms with Crippen molar-refractivity contribution in [3.63, 3.8) is 0 Å². The zero-order valence-electron chi connectivity index (χ0n) is 9.72. The molecule has 0 aliphatic carbocycles. The van der Waals surface area contributed by atoms with Crippen LogP contribution in [-0.2, 0) is 17.1 Å². The molecule has 0 radical (unpaired) electrons. The molecule has 0 saturated heterocycles. The van der Waals surface area contributed by atoms with E-state index in [9.17, 15) is 31.1 Å². The summed E-state index contributed by atoms with van der Waals surface area (Å²) in [4.78, 5) is 10.2. The van der Waals surface area contributed by atoms with Gasteiger partial charge in [0.05, 0.1) is 17.5 Å². The first-order valence-corrected chi connectivity index (χ1v) is 5.18. The summed E-state index contributed by atoms with van der Waals surface area (Å²) in [7, 11) is 0. The fourth-order valence-corrected chi connectivity index (χ4v) is 1.37. The largest absolute Gasteiger partial charge is 0.481 e. The maximum atomic E-state index is 12.5. The first-order valence-electron chi connectivity index (χ1n) is 5.18. The lowest BCUT2D eigenvalue weighted by Gasteiger charge is -2.12. The van der Waals surface area contributed by atoms with Gasteiger partial charge in [0.1, 0.15) is 0 Å². The van der Waals surface area contributed by atoms with Gasteiger partial charge in [0, 0.05) is 0 Å². The van der Waals surface area contributed by atoms with Gasteiger partial charge in [-0.2, -0.15) is 26.3 Å². The number of carboxylic acid groups (broad SMARTS) is 1. The van der Waals surface area contributed by atoms with Crippen LogP contribution in [0.3, 0.4) is 0 Å². The molecule has 0 aliphatic heterocycles. The van der Waals surface area contributed by atoms with Gasteiger partial charge >= 0.3 is 18.3 Å². The van der Waals surface area contributed by atoms with E-state index in [2.05, 4.69) is 0 Å². The molecule has 0 saturated carbocycles. The van der Waals surface area contributed by atoms with Gasteiger partial charge in [0.25, 0.3) is 0 Å². The second kappa shape index (κ2) is 5.56. The molecule has 1 aromatic carbocycles. The Morgan fingerprint density at radius 3 is 1.80 bits per heavy atom. The number of hydrogen-bond acceptors (Lipinski definition) is 1. The number of hydrogen-bond donors (Lipinski definition) is 1. The summed E-state index contributed by atoms with van der Waals surface area (Å²) in [5, 5.41) is 8.35. The average molecular weight is 298 g/mol. The van der Waals surface area contributed by atoms with E-state index in [1.165, 1.54) is 0 Å². The normalized spacial score (nSPS) is 12.9. The highest BCUT2D eigenvalue weighted by Gasteiger charge is 2.36. The van der Waals surface area contributed by atoms with E-state index in [1.54, 1.807) is 0 Å². The van der Waals surface area contributed by atoms with E-state index in [1.807, 2.05) is 0 Å². The lowest BCUT2D eigenvalue weighted by Crippen LogP contribution is -2.11. The van der Waals surface area contributed by atoms with Crippen molar-refractivity contribution in [2.75, 3.05) is 0 Å². The number of aliphatic carboxylic acids is 1. The Hall–Kier alpha value is -1.99. The monoisotopic (exact) mass is 298 g/mol. The Kier molecular flexibility index (Phi) is 4.46. The molecule has 1 rings (SSSR count). The number of carboxylic acids is 1. The minimum absolute atomic E-state index is 0.00847. The van der Waals surface area contributed by atoms with E-state index >= 15 is 0 Å². The zero-order valence-corrected chi connectivity index (χ0v) is 9.72. The summed E-state index contributed by atoms with van der Waals surface area (Å²) in [6, 6.07) is 1.05. The summed E-state index contributed by atoms with van der Waals surface area (Å²) in [6.07, 6.45) is -8.47. The van der Waals surface area contributed by atoms with Crippen LogP contribution in [0.2, 0.25) is 0 Å². The van der Waals surface area contributed by atoms with Crippen molar-refractivity contribution in [2.24, 2.45) is 0 Å². The molecule has 0 aromatic heterocycles. The van der Waals surface area contributed by atoms with Crippen LogP contribution in [0.15, 0.2) is 24.3 Å². The number of halogens is 6. The molecular weight excluding hydrogens is 290 g/mol. The maximum absolute atomic E-state index is 12.5. The SMILES string of the molecule is O=C(O)CC=Cc1cc(C(F)(F)F)cc(C(F)(F)F)c1. The van der Waals surface area contributed by atoms with E-state index in [0.717, 1.165) is 12.2 Å². The Morgan fingerprint density at radius 2 is 1.45 bits per heavy atom. The molecule has 0 bridgehead atoms. The van der Waals surface area contributed by atoms with Gasteiger partial charge in [-0.15, -0.1) is 0 Å². The van der Waals surface area contributed by atoms with Crippen LogP contribution in [0.5, 0.6) is 0 Å². The second-order valence-electron chi connectivity index (χ2n) is 3.84. The Labute approximate surface area is 109 Å². The van der Waals surface area contributed by atoms with Crippen LogP contribution in [0.4, 0.5) is 26.3 Å². The molecule has 8 heteroatoms. The third kappa shape index (κ3) is 4.60. The molecule has 20 heavy (non-hydrogen) atoms. The summed E-state index contributed by atoms with van der Waals surface area (Å²) in [5.74, 6) is -1.25. The third-order valence-electron chi connectivity index (χ3n) is 2.21. The lowest BCUT2D eigenvalue weighted by molar-refractivity contribution is -0.143. The fraction of sp³-hybridized carbons (Fsp3) is 0.250. The third-order valence-corrected chi connectivity index (χ3v) is 2.21. The van der Waals surface area contributed by atoms with Gasteiger partial charge in [-0.05, 0) is 23.8 Å². The molecule has 110 valence electrons. The van der Waals surface area contributed by atoms with Crippen LogP contribution in [0.1, 0.15) is 23.1 Å². The molecule has 0 atom stereocenters. The van der Waals surface area contributed by atoms with Crippen LogP contribution in [0.25, 0.3) is 6.08 Å². The highest BCUT2D eigenvalue weighted by molar-refractivity contribution is 5.70. The Morgan fingerprint density at radius 1 is 1.00 bits per heavy atom. The summed E-state index contributed by atoms with van der Waals surface area (Å²) < 4.78 is 75.0. The highest BCUT2D eigenvalue weighted by atomic mass is 19.4. The van der Waals surface area contributed by atoms with Gasteiger partial charge in [-0.3, -0.25) is 4.79 Å². The van der Waals surface area contributed by atoms with E-state index in [-0.39, 0.29) is 11.6 Å². The van der Waals surface area contributed by atoms with Crippen LogP contribution in [0, 0.1) is 0 Å². The van der Waals surface area contributed by atoms with E-state index < -0.39 is 35.9 Å². The maximum Gasteiger partial charge on any atom is 0.416 e. The average Bonchev–Trinajstić information content (AvgIpc) is 2.25. The molecule has 0 aliphatic rings. The van der Waals surface area contributed by atoms with E-state index in [4.69, 9.17) is 5.11 Å². The molecule has 0 unspecified atom stereocenters. The van der Waals surface area contributed by atoms with Crippen LogP contribution < -0.4 is 0 Å². The number of rotatable bonds is 3. The van der Waals surface area contributed by atoms with Gasteiger partial charge in [-0.1, -0.05) is 12.2 Å². The van der Waals surface area contributed by atoms with Crippen molar-refractivity contribution < 1.29 is 36.2 Å². The van der Waals surface area contributed by atoms with Gasteiger partial charge in [0.2, 0.25) is 0 Å². The molecule has 0 amide bonds. The molecular formula is C12H8F6O2. The van der Waals surface area contributed by atoms with Gasteiger partial charge < -0.3 is 5.11 Å². The number of carbonyl (C=O) groups is 1. The number of benzene rings is 1. The minimum atomic E-state index is -4.92. The summed E-state index contributed by atoms with van der Waals surface area (Å²) in [6.45, 7) is 0. The van der Waals surface area contributed by atoms with Gasteiger partial charge in [0.15, 0.2) is 0 Å². The summed E-state index contributed by atoms with van der Waals surface area (Å²) in [5.41, 5.74) is -3.25. The second-order valence-corrected chi connectivity index (χ2v) is 3.84. The van der Waals surface area contributed by atoms with Crippen molar-refractivity contribution in [2.45, 2.75) is 18.8 Å². The molecule has 0 spiro atoms. The number of alkyl halides is 6.